The van der Waals surface area contributed by atoms with Crippen molar-refractivity contribution in [2.24, 2.45) is 4.99 Å². The van der Waals surface area contributed by atoms with E-state index in [0.29, 0.717) is 0 Å². The molecule has 0 amide bonds. The zero-order chi connectivity index (χ0) is 10.5. The minimum atomic E-state index is 0.0998. The molecule has 76 valence electrons. The summed E-state index contributed by atoms with van der Waals surface area (Å²) in [5, 5.41) is 0. The highest BCUT2D eigenvalue weighted by atomic mass is 14.7. The molecule has 2 rings (SSSR count). The van der Waals surface area contributed by atoms with Gasteiger partial charge in [-0.2, -0.15) is 0 Å². The number of nitrogens with zero attached hydrogens (tertiary/aromatic N) is 1. The molecule has 1 heteroatoms. The number of allylic oxidation sites excluding steroid dienone is 2. The molecule has 0 N–H and O–H groups in total. The van der Waals surface area contributed by atoms with Gasteiger partial charge in [0.15, 0.2) is 0 Å². The van der Waals surface area contributed by atoms with Gasteiger partial charge in [-0.3, -0.25) is 4.99 Å². The average molecular weight is 197 g/mol. The number of hydrogen-bond donors (Lipinski definition) is 0. The van der Waals surface area contributed by atoms with Crippen molar-refractivity contribution in [1.82, 2.24) is 0 Å². The molecule has 1 nitrogen and oxygen atoms in total. The molecule has 0 heterocycles. The van der Waals surface area contributed by atoms with Crippen LogP contribution in [0.1, 0.15) is 24.4 Å². The van der Waals surface area contributed by atoms with Crippen LogP contribution >= 0.6 is 0 Å². The van der Waals surface area contributed by atoms with E-state index < -0.39 is 0 Å². The van der Waals surface area contributed by atoms with Crippen molar-refractivity contribution in [1.29, 1.82) is 0 Å². The molecule has 0 fully saturated rings. The summed E-state index contributed by atoms with van der Waals surface area (Å²) in [6.45, 7) is 3.69. The lowest BCUT2D eigenvalue weighted by Crippen LogP contribution is -1.99. The molecule has 0 aliphatic heterocycles. The molecule has 0 spiro atoms. The molecule has 1 unspecified atom stereocenters. The summed E-state index contributed by atoms with van der Waals surface area (Å²) in [5.41, 5.74) is 2.48. The zero-order valence-electron chi connectivity index (χ0n) is 8.76. The van der Waals surface area contributed by atoms with Gasteiger partial charge in [-0.05, 0) is 30.7 Å². The van der Waals surface area contributed by atoms with E-state index in [9.17, 15) is 0 Å². The number of benzene rings is 1. The van der Waals surface area contributed by atoms with Crippen LogP contribution in [0.4, 0.5) is 0 Å². The molecule has 1 atom stereocenters. The lowest BCUT2D eigenvalue weighted by molar-refractivity contribution is 0.852. The van der Waals surface area contributed by atoms with E-state index >= 15 is 0 Å². The standard InChI is InChI=1S/C14H15N/c1-15-14(12-8-4-2-5-9-12)13-10-6-3-7-11-13/h2,4-6,8-11,14H,1,3,7H2. The fraction of sp³-hybridized carbons (Fsp3) is 0.214. The third-order valence-corrected chi connectivity index (χ3v) is 2.64. The quantitative estimate of drug-likeness (QED) is 0.655. The Balaban J connectivity index is 2.28. The summed E-state index contributed by atoms with van der Waals surface area (Å²) in [6, 6.07) is 10.4. The minimum Gasteiger partial charge on any atom is -0.288 e. The monoisotopic (exact) mass is 197 g/mol. The van der Waals surface area contributed by atoms with Crippen LogP contribution in [0.3, 0.4) is 0 Å². The van der Waals surface area contributed by atoms with Crippen LogP contribution in [-0.2, 0) is 0 Å². The van der Waals surface area contributed by atoms with Crippen LogP contribution in [0.15, 0.2) is 59.1 Å². The largest absolute Gasteiger partial charge is 0.288 e. The van der Waals surface area contributed by atoms with Gasteiger partial charge in [0.1, 0.15) is 0 Å². The smallest absolute Gasteiger partial charge is 0.0989 e. The van der Waals surface area contributed by atoms with Crippen molar-refractivity contribution in [2.75, 3.05) is 0 Å². The van der Waals surface area contributed by atoms with E-state index in [-0.39, 0.29) is 6.04 Å². The normalized spacial score (nSPS) is 16.9. The van der Waals surface area contributed by atoms with Crippen molar-refractivity contribution >= 4 is 6.72 Å². The molecule has 0 radical (unpaired) electrons. The molecule has 1 aliphatic rings. The van der Waals surface area contributed by atoms with Gasteiger partial charge in [-0.15, -0.1) is 0 Å². The van der Waals surface area contributed by atoms with Crippen LogP contribution in [0.25, 0.3) is 0 Å². The van der Waals surface area contributed by atoms with E-state index in [4.69, 9.17) is 0 Å². The van der Waals surface area contributed by atoms with Crippen LogP contribution in [0, 0.1) is 0 Å². The summed E-state index contributed by atoms with van der Waals surface area (Å²) in [5.74, 6) is 0. The molecule has 15 heavy (non-hydrogen) atoms. The van der Waals surface area contributed by atoms with Crippen molar-refractivity contribution in [3.05, 3.63) is 59.7 Å². The highest BCUT2D eigenvalue weighted by Gasteiger charge is 2.12. The van der Waals surface area contributed by atoms with Crippen molar-refractivity contribution < 1.29 is 0 Å². The summed E-state index contributed by atoms with van der Waals surface area (Å²) >= 11 is 0. The van der Waals surface area contributed by atoms with Gasteiger partial charge in [0.25, 0.3) is 0 Å². The Kier molecular flexibility index (Phi) is 3.13. The Bertz CT molecular complexity index is 387. The molecule has 0 saturated heterocycles. The third-order valence-electron chi connectivity index (χ3n) is 2.64. The second kappa shape index (κ2) is 4.74. The molecule has 1 aromatic rings. The van der Waals surface area contributed by atoms with E-state index in [0.717, 1.165) is 12.8 Å². The summed E-state index contributed by atoms with van der Waals surface area (Å²) in [4.78, 5) is 4.21. The Morgan fingerprint density at radius 1 is 1.13 bits per heavy atom. The van der Waals surface area contributed by atoms with E-state index in [1.165, 1.54) is 11.1 Å². The molecule has 1 aromatic carbocycles. The van der Waals surface area contributed by atoms with E-state index in [1.807, 2.05) is 18.2 Å². The molecular weight excluding hydrogens is 182 g/mol. The molecule has 0 bridgehead atoms. The number of hydrogen-bond acceptors (Lipinski definition) is 1. The highest BCUT2D eigenvalue weighted by Crippen LogP contribution is 2.28. The van der Waals surface area contributed by atoms with Gasteiger partial charge < -0.3 is 0 Å². The Labute approximate surface area is 90.9 Å². The van der Waals surface area contributed by atoms with Gasteiger partial charge in [-0.25, -0.2) is 0 Å². The van der Waals surface area contributed by atoms with Crippen molar-refractivity contribution in [2.45, 2.75) is 18.9 Å². The number of aliphatic imine (C=N–C) groups is 1. The maximum absolute atomic E-state index is 4.21. The predicted molar refractivity (Wildman–Crippen MR) is 65.2 cm³/mol. The Morgan fingerprint density at radius 3 is 2.53 bits per heavy atom. The lowest BCUT2D eigenvalue weighted by atomic mass is 9.95. The van der Waals surface area contributed by atoms with Crippen LogP contribution in [-0.4, -0.2) is 6.72 Å². The van der Waals surface area contributed by atoms with E-state index in [2.05, 4.69) is 42.1 Å². The zero-order valence-corrected chi connectivity index (χ0v) is 8.76. The molecule has 1 aliphatic carbocycles. The highest BCUT2D eigenvalue weighted by molar-refractivity contribution is 5.39. The minimum absolute atomic E-state index is 0.0998. The average Bonchev–Trinajstić information content (AvgIpc) is 2.33. The van der Waals surface area contributed by atoms with Gasteiger partial charge >= 0.3 is 0 Å². The summed E-state index contributed by atoms with van der Waals surface area (Å²) < 4.78 is 0. The first-order valence-corrected chi connectivity index (χ1v) is 5.29. The predicted octanol–water partition coefficient (Wildman–Crippen LogP) is 3.70. The maximum Gasteiger partial charge on any atom is 0.0989 e. The second-order valence-electron chi connectivity index (χ2n) is 3.68. The van der Waals surface area contributed by atoms with Gasteiger partial charge in [0, 0.05) is 0 Å². The van der Waals surface area contributed by atoms with Gasteiger partial charge in [0.05, 0.1) is 6.04 Å². The van der Waals surface area contributed by atoms with Gasteiger partial charge in [0.2, 0.25) is 0 Å². The lowest BCUT2D eigenvalue weighted by Gasteiger charge is -2.15. The van der Waals surface area contributed by atoms with Crippen LogP contribution in [0.2, 0.25) is 0 Å². The fourth-order valence-corrected chi connectivity index (χ4v) is 1.88. The first-order chi connectivity index (χ1) is 7.42. The second-order valence-corrected chi connectivity index (χ2v) is 3.68. The van der Waals surface area contributed by atoms with Crippen molar-refractivity contribution in [3.63, 3.8) is 0 Å². The number of rotatable bonds is 3. The van der Waals surface area contributed by atoms with E-state index in [1.54, 1.807) is 0 Å². The topological polar surface area (TPSA) is 12.4 Å². The Hall–Kier alpha value is -1.63. The van der Waals surface area contributed by atoms with Crippen LogP contribution < -0.4 is 0 Å². The SMILES string of the molecule is C=NC(C1=CCCC=C1)c1ccccc1. The first kappa shape index (κ1) is 9.91. The summed E-state index contributed by atoms with van der Waals surface area (Å²) in [6.07, 6.45) is 8.88. The fourth-order valence-electron chi connectivity index (χ4n) is 1.88. The molecule has 0 saturated carbocycles. The van der Waals surface area contributed by atoms with Crippen LogP contribution in [0.5, 0.6) is 0 Å². The Morgan fingerprint density at radius 2 is 1.93 bits per heavy atom. The third kappa shape index (κ3) is 2.24. The molecule has 0 aromatic heterocycles. The maximum atomic E-state index is 4.21. The molecular formula is C14H15N. The first-order valence-electron chi connectivity index (χ1n) is 5.29. The summed E-state index contributed by atoms with van der Waals surface area (Å²) in [7, 11) is 0. The van der Waals surface area contributed by atoms with Gasteiger partial charge in [-0.1, -0.05) is 48.6 Å². The van der Waals surface area contributed by atoms with Crippen molar-refractivity contribution in [3.8, 4) is 0 Å².